The lowest BCUT2D eigenvalue weighted by molar-refractivity contribution is -0.141. The number of benzene rings is 1. The van der Waals surface area contributed by atoms with Crippen molar-refractivity contribution in [2.24, 2.45) is 13.0 Å². The summed E-state index contributed by atoms with van der Waals surface area (Å²) in [6.07, 6.45) is 0.0222. The van der Waals surface area contributed by atoms with Gasteiger partial charge in [0.15, 0.2) is 5.69 Å². The van der Waals surface area contributed by atoms with Gasteiger partial charge in [0, 0.05) is 49.8 Å². The number of carbonyl (C=O) groups excluding carboxylic acids is 1. The number of aromatic nitrogens is 3. The van der Waals surface area contributed by atoms with E-state index in [1.807, 2.05) is 47.0 Å². The van der Waals surface area contributed by atoms with E-state index in [-0.39, 0.29) is 11.8 Å². The molecule has 0 N–H and O–H groups in total. The molecule has 1 aliphatic heterocycles. The molecule has 0 aliphatic carbocycles. The highest BCUT2D eigenvalue weighted by Crippen LogP contribution is 2.26. The summed E-state index contributed by atoms with van der Waals surface area (Å²) >= 11 is 0. The molecule has 6 nitrogen and oxygen atoms in total. The first kappa shape index (κ1) is 21.1. The Kier molecular flexibility index (Phi) is 5.60. The van der Waals surface area contributed by atoms with Gasteiger partial charge in [-0.25, -0.2) is 4.98 Å². The van der Waals surface area contributed by atoms with E-state index in [2.05, 4.69) is 4.98 Å². The van der Waals surface area contributed by atoms with Crippen LogP contribution in [0, 0.1) is 5.92 Å². The van der Waals surface area contributed by atoms with Crippen molar-refractivity contribution in [1.29, 1.82) is 0 Å². The monoisotopic (exact) mass is 432 g/mol. The summed E-state index contributed by atoms with van der Waals surface area (Å²) in [5, 5.41) is 1.07. The largest absolute Gasteiger partial charge is 0.433 e. The minimum atomic E-state index is -4.63. The van der Waals surface area contributed by atoms with Crippen LogP contribution in [-0.4, -0.2) is 38.0 Å². The standard InChI is InChI=1S/C22H23F3N4O2/c1-27-13-16(17-4-2-3-5-18(17)27)10-20(30)28-8-6-15(7-9-28)12-29-14-26-19(11-21(29)31)22(23,24)25/h2-5,11,13-15H,6-10,12H2,1H3. The maximum absolute atomic E-state index is 12.8. The average Bonchev–Trinajstić information content (AvgIpc) is 3.05. The molecule has 31 heavy (non-hydrogen) atoms. The third-order valence-electron chi connectivity index (χ3n) is 5.91. The summed E-state index contributed by atoms with van der Waals surface area (Å²) in [6.45, 7) is 1.43. The van der Waals surface area contributed by atoms with Gasteiger partial charge in [-0.2, -0.15) is 13.2 Å². The molecule has 0 bridgehead atoms. The molecule has 0 atom stereocenters. The van der Waals surface area contributed by atoms with Crippen LogP contribution < -0.4 is 5.56 Å². The van der Waals surface area contributed by atoms with E-state index in [1.54, 1.807) is 0 Å². The molecule has 0 radical (unpaired) electrons. The molecule has 2 aromatic heterocycles. The van der Waals surface area contributed by atoms with Crippen molar-refractivity contribution >= 4 is 16.8 Å². The molecule has 1 fully saturated rings. The van der Waals surface area contributed by atoms with E-state index >= 15 is 0 Å². The Balaban J connectivity index is 1.35. The van der Waals surface area contributed by atoms with Crippen molar-refractivity contribution in [1.82, 2.24) is 19.0 Å². The number of halogens is 3. The minimum absolute atomic E-state index is 0.0585. The summed E-state index contributed by atoms with van der Waals surface area (Å²) < 4.78 is 41.2. The Labute approximate surface area is 176 Å². The molecule has 1 aromatic carbocycles. The fraction of sp³-hybridized carbons (Fsp3) is 0.409. The van der Waals surface area contributed by atoms with Gasteiger partial charge in [0.1, 0.15) is 0 Å². The zero-order valence-electron chi connectivity index (χ0n) is 17.1. The highest BCUT2D eigenvalue weighted by Gasteiger charge is 2.33. The Morgan fingerprint density at radius 1 is 1.19 bits per heavy atom. The molecule has 3 aromatic rings. The Morgan fingerprint density at radius 2 is 1.90 bits per heavy atom. The predicted molar refractivity (Wildman–Crippen MR) is 109 cm³/mol. The fourth-order valence-electron chi connectivity index (χ4n) is 4.20. The van der Waals surface area contributed by atoms with Crippen LogP contribution in [0.3, 0.4) is 0 Å². The lowest BCUT2D eigenvalue weighted by atomic mass is 9.96. The maximum atomic E-state index is 12.8. The third-order valence-corrected chi connectivity index (χ3v) is 5.91. The zero-order chi connectivity index (χ0) is 22.2. The SMILES string of the molecule is Cn1cc(CC(=O)N2CCC(Cn3cnc(C(F)(F)F)cc3=O)CC2)c2ccccc21. The van der Waals surface area contributed by atoms with Crippen molar-refractivity contribution < 1.29 is 18.0 Å². The van der Waals surface area contributed by atoms with E-state index < -0.39 is 17.4 Å². The van der Waals surface area contributed by atoms with Crippen molar-refractivity contribution in [2.45, 2.75) is 32.0 Å². The Bertz CT molecular complexity index is 1160. The molecule has 0 unspecified atom stereocenters. The molecule has 1 aliphatic rings. The van der Waals surface area contributed by atoms with Crippen LogP contribution in [0.2, 0.25) is 0 Å². The number of aryl methyl sites for hydroxylation is 1. The molecule has 1 amide bonds. The zero-order valence-corrected chi connectivity index (χ0v) is 17.1. The molecule has 164 valence electrons. The molecular weight excluding hydrogens is 409 g/mol. The first-order chi connectivity index (χ1) is 14.7. The number of hydrogen-bond donors (Lipinski definition) is 0. The van der Waals surface area contributed by atoms with Crippen molar-refractivity contribution in [3.63, 3.8) is 0 Å². The van der Waals surface area contributed by atoms with Crippen molar-refractivity contribution in [2.75, 3.05) is 13.1 Å². The lowest BCUT2D eigenvalue weighted by Crippen LogP contribution is -2.40. The number of amides is 1. The van der Waals surface area contributed by atoms with Gasteiger partial charge in [-0.15, -0.1) is 0 Å². The Morgan fingerprint density at radius 3 is 2.58 bits per heavy atom. The third kappa shape index (κ3) is 4.50. The van der Waals surface area contributed by atoms with Gasteiger partial charge in [-0.3, -0.25) is 14.2 Å². The minimum Gasteiger partial charge on any atom is -0.350 e. The van der Waals surface area contributed by atoms with E-state index in [9.17, 15) is 22.8 Å². The first-order valence-corrected chi connectivity index (χ1v) is 10.2. The van der Waals surface area contributed by atoms with Gasteiger partial charge in [0.2, 0.25) is 5.91 Å². The molecule has 9 heteroatoms. The summed E-state index contributed by atoms with van der Waals surface area (Å²) in [5.41, 5.74) is 0.187. The van der Waals surface area contributed by atoms with Crippen LogP contribution >= 0.6 is 0 Å². The predicted octanol–water partition coefficient (Wildman–Crippen LogP) is 3.24. The lowest BCUT2D eigenvalue weighted by Gasteiger charge is -2.32. The van der Waals surface area contributed by atoms with Gasteiger partial charge < -0.3 is 9.47 Å². The average molecular weight is 432 g/mol. The molecule has 0 saturated carbocycles. The summed E-state index contributed by atoms with van der Waals surface area (Å²) in [4.78, 5) is 30.0. The van der Waals surface area contributed by atoms with Crippen LogP contribution in [0.5, 0.6) is 0 Å². The number of carbonyl (C=O) groups is 1. The molecule has 0 spiro atoms. The number of rotatable bonds is 4. The number of para-hydroxylation sites is 1. The number of likely N-dealkylation sites (tertiary alicyclic amines) is 1. The second-order valence-corrected chi connectivity index (χ2v) is 8.05. The van der Waals surface area contributed by atoms with Gasteiger partial charge >= 0.3 is 6.18 Å². The Hall–Kier alpha value is -3.10. The second-order valence-electron chi connectivity index (χ2n) is 8.05. The van der Waals surface area contributed by atoms with E-state index in [1.165, 1.54) is 4.57 Å². The highest BCUT2D eigenvalue weighted by atomic mass is 19.4. The first-order valence-electron chi connectivity index (χ1n) is 10.2. The van der Waals surface area contributed by atoms with Crippen LogP contribution in [0.4, 0.5) is 13.2 Å². The van der Waals surface area contributed by atoms with Gasteiger partial charge in [0.25, 0.3) is 5.56 Å². The van der Waals surface area contributed by atoms with Gasteiger partial charge in [0.05, 0.1) is 12.7 Å². The van der Waals surface area contributed by atoms with Gasteiger partial charge in [-0.05, 0) is 30.4 Å². The van der Waals surface area contributed by atoms with Crippen molar-refractivity contribution in [3.8, 4) is 0 Å². The maximum Gasteiger partial charge on any atom is 0.433 e. The normalized spacial score (nSPS) is 15.5. The number of nitrogens with zero attached hydrogens (tertiary/aromatic N) is 4. The van der Waals surface area contributed by atoms with Crippen LogP contribution in [0.1, 0.15) is 24.1 Å². The van der Waals surface area contributed by atoms with Crippen molar-refractivity contribution in [3.05, 3.63) is 64.5 Å². The van der Waals surface area contributed by atoms with E-state index in [0.29, 0.717) is 45.0 Å². The quantitative estimate of drug-likeness (QED) is 0.636. The van der Waals surface area contributed by atoms with E-state index in [4.69, 9.17) is 0 Å². The molecular formula is C22H23F3N4O2. The topological polar surface area (TPSA) is 60.1 Å². The highest BCUT2D eigenvalue weighted by molar-refractivity contribution is 5.89. The fourth-order valence-corrected chi connectivity index (χ4v) is 4.20. The van der Waals surface area contributed by atoms with Gasteiger partial charge in [-0.1, -0.05) is 18.2 Å². The van der Waals surface area contributed by atoms with E-state index in [0.717, 1.165) is 22.8 Å². The number of hydrogen-bond acceptors (Lipinski definition) is 3. The number of piperidine rings is 1. The smallest absolute Gasteiger partial charge is 0.350 e. The molecule has 3 heterocycles. The summed E-state index contributed by atoms with van der Waals surface area (Å²) in [5.74, 6) is 0.168. The van der Waals surface area contributed by atoms with Crippen LogP contribution in [0.15, 0.2) is 47.7 Å². The summed E-state index contributed by atoms with van der Waals surface area (Å²) in [7, 11) is 1.96. The number of alkyl halides is 3. The molecule has 4 rings (SSSR count). The number of fused-ring (bicyclic) bond motifs is 1. The van der Waals surface area contributed by atoms with Crippen LogP contribution in [-0.2, 0) is 31.0 Å². The summed E-state index contributed by atoms with van der Waals surface area (Å²) in [6, 6.07) is 8.49. The molecule has 1 saturated heterocycles. The van der Waals surface area contributed by atoms with Crippen LogP contribution in [0.25, 0.3) is 10.9 Å². The second kappa shape index (κ2) is 8.20.